The quantitative estimate of drug-likeness (QED) is 0.686. The van der Waals surface area contributed by atoms with Crippen LogP contribution in [0, 0.1) is 18.6 Å². The largest absolute Gasteiger partial charge is 0.360 e. The third-order valence-corrected chi connectivity index (χ3v) is 3.86. The van der Waals surface area contributed by atoms with Gasteiger partial charge in [0.2, 0.25) is 0 Å². The van der Waals surface area contributed by atoms with Crippen molar-refractivity contribution in [2.45, 2.75) is 6.92 Å². The van der Waals surface area contributed by atoms with E-state index in [0.717, 1.165) is 16.6 Å². The zero-order valence-corrected chi connectivity index (χ0v) is 14.0. The summed E-state index contributed by atoms with van der Waals surface area (Å²) >= 11 is 3.35. The molecule has 1 N–H and O–H groups in total. The average Bonchev–Trinajstić information content (AvgIpc) is 2.92. The number of anilines is 1. The van der Waals surface area contributed by atoms with E-state index in [1.165, 1.54) is 0 Å². The van der Waals surface area contributed by atoms with Crippen LogP contribution >= 0.6 is 15.9 Å². The monoisotopic (exact) mass is 392 g/mol. The standard InChI is InChI=1S/C17H11BrF2N2O2/c1-9-15(16(22-24-9)10-3-2-4-11(18)7-10)17(23)21-14-6-5-12(19)8-13(14)20/h2-8H,1H3,(H,21,23). The highest BCUT2D eigenvalue weighted by Crippen LogP contribution is 2.28. The van der Waals surface area contributed by atoms with Crippen molar-refractivity contribution in [2.75, 3.05) is 5.32 Å². The SMILES string of the molecule is Cc1onc(-c2cccc(Br)c2)c1C(=O)Nc1ccc(F)cc1F. The zero-order valence-electron chi connectivity index (χ0n) is 12.4. The number of nitrogens with zero attached hydrogens (tertiary/aromatic N) is 1. The van der Waals surface area contributed by atoms with Gasteiger partial charge in [0, 0.05) is 16.1 Å². The van der Waals surface area contributed by atoms with Crippen LogP contribution in [0.3, 0.4) is 0 Å². The second-order valence-electron chi connectivity index (χ2n) is 5.05. The van der Waals surface area contributed by atoms with Gasteiger partial charge in [-0.15, -0.1) is 0 Å². The van der Waals surface area contributed by atoms with E-state index in [2.05, 4.69) is 26.4 Å². The summed E-state index contributed by atoms with van der Waals surface area (Å²) in [5, 5.41) is 6.33. The number of amides is 1. The van der Waals surface area contributed by atoms with Gasteiger partial charge in [-0.3, -0.25) is 4.79 Å². The molecule has 0 radical (unpaired) electrons. The van der Waals surface area contributed by atoms with Crippen LogP contribution in [0.15, 0.2) is 51.5 Å². The van der Waals surface area contributed by atoms with E-state index in [1.807, 2.05) is 6.07 Å². The molecule has 0 saturated carbocycles. The second-order valence-corrected chi connectivity index (χ2v) is 5.97. The Balaban J connectivity index is 1.97. The first kappa shape index (κ1) is 16.3. The molecular formula is C17H11BrF2N2O2. The zero-order chi connectivity index (χ0) is 17.3. The van der Waals surface area contributed by atoms with Gasteiger partial charge in [0.1, 0.15) is 28.7 Å². The number of hydrogen-bond acceptors (Lipinski definition) is 3. The fraction of sp³-hybridized carbons (Fsp3) is 0.0588. The van der Waals surface area contributed by atoms with Crippen LogP contribution in [0.5, 0.6) is 0 Å². The minimum absolute atomic E-state index is 0.123. The van der Waals surface area contributed by atoms with Crippen LogP contribution < -0.4 is 5.32 Å². The molecule has 3 aromatic rings. The van der Waals surface area contributed by atoms with Gasteiger partial charge in [0.05, 0.1) is 5.69 Å². The molecule has 1 heterocycles. The molecule has 4 nitrogen and oxygen atoms in total. The Kier molecular flexibility index (Phi) is 4.44. The van der Waals surface area contributed by atoms with Crippen molar-refractivity contribution < 1.29 is 18.1 Å². The molecule has 0 bridgehead atoms. The molecule has 7 heteroatoms. The lowest BCUT2D eigenvalue weighted by atomic mass is 10.1. The molecule has 0 unspecified atom stereocenters. The lowest BCUT2D eigenvalue weighted by Crippen LogP contribution is -2.14. The normalized spacial score (nSPS) is 10.7. The molecule has 3 rings (SSSR count). The molecular weight excluding hydrogens is 382 g/mol. The van der Waals surface area contributed by atoms with Crippen LogP contribution in [0.2, 0.25) is 0 Å². The maximum atomic E-state index is 13.7. The van der Waals surface area contributed by atoms with Gasteiger partial charge in [-0.2, -0.15) is 0 Å². The number of rotatable bonds is 3. The number of carbonyl (C=O) groups is 1. The van der Waals surface area contributed by atoms with Gasteiger partial charge in [-0.25, -0.2) is 8.78 Å². The molecule has 0 atom stereocenters. The van der Waals surface area contributed by atoms with Gasteiger partial charge in [-0.1, -0.05) is 33.2 Å². The topological polar surface area (TPSA) is 55.1 Å². The Bertz CT molecular complexity index is 925. The van der Waals surface area contributed by atoms with Crippen LogP contribution in [-0.2, 0) is 0 Å². The number of benzene rings is 2. The summed E-state index contributed by atoms with van der Waals surface area (Å²) in [6, 6.07) is 10.1. The van der Waals surface area contributed by atoms with Gasteiger partial charge in [0.25, 0.3) is 5.91 Å². The van der Waals surface area contributed by atoms with E-state index >= 15 is 0 Å². The Labute approximate surface area is 144 Å². The van der Waals surface area contributed by atoms with Gasteiger partial charge in [-0.05, 0) is 31.2 Å². The molecule has 0 fully saturated rings. The summed E-state index contributed by atoms with van der Waals surface area (Å²) in [6.07, 6.45) is 0. The maximum absolute atomic E-state index is 13.7. The highest BCUT2D eigenvalue weighted by molar-refractivity contribution is 9.10. The highest BCUT2D eigenvalue weighted by atomic mass is 79.9. The molecule has 0 aliphatic heterocycles. The lowest BCUT2D eigenvalue weighted by molar-refractivity contribution is 0.102. The number of carbonyl (C=O) groups excluding carboxylic acids is 1. The van der Waals surface area contributed by atoms with E-state index in [9.17, 15) is 13.6 Å². The average molecular weight is 393 g/mol. The predicted molar refractivity (Wildman–Crippen MR) is 88.7 cm³/mol. The summed E-state index contributed by atoms with van der Waals surface area (Å²) in [4.78, 5) is 12.5. The fourth-order valence-electron chi connectivity index (χ4n) is 2.25. The van der Waals surface area contributed by atoms with Crippen LogP contribution in [-0.4, -0.2) is 11.1 Å². The summed E-state index contributed by atoms with van der Waals surface area (Å²) < 4.78 is 32.6. The maximum Gasteiger partial charge on any atom is 0.261 e. The Hall–Kier alpha value is -2.54. The molecule has 0 saturated heterocycles. The fourth-order valence-corrected chi connectivity index (χ4v) is 2.65. The first-order valence-corrected chi connectivity index (χ1v) is 7.73. The number of aromatic nitrogens is 1. The van der Waals surface area contributed by atoms with E-state index < -0.39 is 17.5 Å². The van der Waals surface area contributed by atoms with Crippen molar-refractivity contribution in [2.24, 2.45) is 0 Å². The summed E-state index contributed by atoms with van der Waals surface area (Å²) in [7, 11) is 0. The van der Waals surface area contributed by atoms with Crippen LogP contribution in [0.4, 0.5) is 14.5 Å². The minimum Gasteiger partial charge on any atom is -0.360 e. The van der Waals surface area contributed by atoms with Crippen molar-refractivity contribution in [3.8, 4) is 11.3 Å². The lowest BCUT2D eigenvalue weighted by Gasteiger charge is -2.07. The molecule has 0 spiro atoms. The van der Waals surface area contributed by atoms with E-state index in [0.29, 0.717) is 23.1 Å². The molecule has 122 valence electrons. The van der Waals surface area contributed by atoms with E-state index in [4.69, 9.17) is 4.52 Å². The molecule has 0 aliphatic carbocycles. The van der Waals surface area contributed by atoms with Gasteiger partial charge in [0.15, 0.2) is 0 Å². The Morgan fingerprint density at radius 1 is 1.21 bits per heavy atom. The number of hydrogen-bond donors (Lipinski definition) is 1. The summed E-state index contributed by atoms with van der Waals surface area (Å²) in [5.41, 5.74) is 1.08. The van der Waals surface area contributed by atoms with Crippen molar-refractivity contribution in [1.82, 2.24) is 5.16 Å². The predicted octanol–water partition coefficient (Wildman–Crippen LogP) is 4.94. The van der Waals surface area contributed by atoms with E-state index in [1.54, 1.807) is 25.1 Å². The van der Waals surface area contributed by atoms with Crippen molar-refractivity contribution in [3.05, 3.63) is 69.9 Å². The Morgan fingerprint density at radius 3 is 2.71 bits per heavy atom. The molecule has 1 aromatic heterocycles. The van der Waals surface area contributed by atoms with Gasteiger partial charge >= 0.3 is 0 Å². The Morgan fingerprint density at radius 2 is 2.00 bits per heavy atom. The van der Waals surface area contributed by atoms with E-state index in [-0.39, 0.29) is 11.3 Å². The minimum atomic E-state index is -0.860. The summed E-state index contributed by atoms with van der Waals surface area (Å²) in [5.74, 6) is -1.87. The third kappa shape index (κ3) is 3.21. The molecule has 2 aromatic carbocycles. The summed E-state index contributed by atoms with van der Waals surface area (Å²) in [6.45, 7) is 1.59. The van der Waals surface area contributed by atoms with Gasteiger partial charge < -0.3 is 9.84 Å². The van der Waals surface area contributed by atoms with Crippen molar-refractivity contribution >= 4 is 27.5 Å². The van der Waals surface area contributed by atoms with Crippen molar-refractivity contribution in [3.63, 3.8) is 0 Å². The van der Waals surface area contributed by atoms with Crippen molar-refractivity contribution in [1.29, 1.82) is 0 Å². The molecule has 0 aliphatic rings. The van der Waals surface area contributed by atoms with Crippen LogP contribution in [0.1, 0.15) is 16.1 Å². The smallest absolute Gasteiger partial charge is 0.261 e. The number of nitrogens with one attached hydrogen (secondary N) is 1. The second kappa shape index (κ2) is 6.52. The third-order valence-electron chi connectivity index (χ3n) is 3.37. The number of halogens is 3. The number of aryl methyl sites for hydroxylation is 1. The highest BCUT2D eigenvalue weighted by Gasteiger charge is 2.22. The van der Waals surface area contributed by atoms with Crippen LogP contribution in [0.25, 0.3) is 11.3 Å². The first-order valence-electron chi connectivity index (χ1n) is 6.94. The molecule has 24 heavy (non-hydrogen) atoms. The first-order chi connectivity index (χ1) is 11.5. The molecule has 1 amide bonds.